The minimum Gasteiger partial charge on any atom is -0.309 e. The van der Waals surface area contributed by atoms with Crippen LogP contribution in [0.25, 0.3) is 66.0 Å². The van der Waals surface area contributed by atoms with Crippen molar-refractivity contribution < 1.29 is 4.79 Å². The third-order valence-electron chi connectivity index (χ3n) is 9.97. The molecule has 0 unspecified atom stereocenters. The summed E-state index contributed by atoms with van der Waals surface area (Å²) >= 11 is 0. The molecule has 0 atom stereocenters. The minimum absolute atomic E-state index is 0.0295. The number of carbonyl (C=O) groups is 1. The van der Waals surface area contributed by atoms with Crippen LogP contribution < -0.4 is 0 Å². The Labute approximate surface area is 264 Å². The first kappa shape index (κ1) is 25.4. The lowest BCUT2D eigenvalue weighted by Gasteiger charge is -2.32. The highest BCUT2D eigenvalue weighted by molar-refractivity contribution is 6.15. The fourth-order valence-corrected chi connectivity index (χ4v) is 7.83. The zero-order valence-corrected chi connectivity index (χ0v) is 25.4. The van der Waals surface area contributed by atoms with Crippen molar-refractivity contribution in [3.8, 4) is 11.4 Å². The SMILES string of the molecule is CC1(C)c2cc3c4ccccc4n(-c4ccc5c(c4)c4ccccc4n5-c4ccccc4)c3cc2C(=O)n2c1nc1ccccc12. The number of rotatable bonds is 2. The van der Waals surface area contributed by atoms with Crippen molar-refractivity contribution in [3.05, 3.63) is 150 Å². The molecule has 10 rings (SSSR count). The normalized spacial score (nSPS) is 14.1. The van der Waals surface area contributed by atoms with Gasteiger partial charge in [0, 0.05) is 43.9 Å². The Morgan fingerprint density at radius 1 is 0.500 bits per heavy atom. The quantitative estimate of drug-likeness (QED) is 0.201. The molecule has 0 saturated heterocycles. The zero-order valence-electron chi connectivity index (χ0n) is 25.4. The number of imidazole rings is 1. The van der Waals surface area contributed by atoms with Gasteiger partial charge in [-0.2, -0.15) is 0 Å². The predicted octanol–water partition coefficient (Wildman–Crippen LogP) is 9.56. The molecule has 5 nitrogen and oxygen atoms in total. The van der Waals surface area contributed by atoms with E-state index in [0.29, 0.717) is 0 Å². The van der Waals surface area contributed by atoms with Crippen molar-refractivity contribution in [1.29, 1.82) is 0 Å². The van der Waals surface area contributed by atoms with E-state index in [2.05, 4.69) is 132 Å². The lowest BCUT2D eigenvalue weighted by Crippen LogP contribution is -2.35. The molecule has 0 N–H and O–H groups in total. The lowest BCUT2D eigenvalue weighted by atomic mass is 9.77. The third kappa shape index (κ3) is 3.19. The zero-order chi connectivity index (χ0) is 30.7. The summed E-state index contributed by atoms with van der Waals surface area (Å²) in [6, 6.07) is 46.7. The number of aromatic nitrogens is 4. The molecule has 0 spiro atoms. The van der Waals surface area contributed by atoms with E-state index in [-0.39, 0.29) is 5.91 Å². The maximum absolute atomic E-state index is 14.3. The van der Waals surface area contributed by atoms with E-state index in [4.69, 9.17) is 4.98 Å². The van der Waals surface area contributed by atoms with Crippen LogP contribution in [0.4, 0.5) is 0 Å². The molecule has 1 aliphatic rings. The summed E-state index contributed by atoms with van der Waals surface area (Å²) in [4.78, 5) is 19.3. The molecule has 6 aromatic carbocycles. The van der Waals surface area contributed by atoms with Gasteiger partial charge in [0.1, 0.15) is 5.82 Å². The Kier molecular flexibility index (Phi) is 4.87. The second kappa shape index (κ2) is 8.83. The molecule has 0 radical (unpaired) electrons. The average Bonchev–Trinajstić information content (AvgIpc) is 3.75. The highest BCUT2D eigenvalue weighted by atomic mass is 16.2. The van der Waals surface area contributed by atoms with Gasteiger partial charge < -0.3 is 9.13 Å². The van der Waals surface area contributed by atoms with Crippen molar-refractivity contribution in [1.82, 2.24) is 18.7 Å². The van der Waals surface area contributed by atoms with Crippen molar-refractivity contribution in [2.24, 2.45) is 0 Å². The van der Waals surface area contributed by atoms with E-state index < -0.39 is 5.41 Å². The summed E-state index contributed by atoms with van der Waals surface area (Å²) in [6.07, 6.45) is 0. The molecule has 0 amide bonds. The Bertz CT molecular complexity index is 2740. The number of hydrogen-bond donors (Lipinski definition) is 0. The van der Waals surface area contributed by atoms with E-state index in [9.17, 15) is 4.79 Å². The van der Waals surface area contributed by atoms with Gasteiger partial charge in [-0.3, -0.25) is 9.36 Å². The molecule has 0 fully saturated rings. The Balaban J connectivity index is 1.27. The van der Waals surface area contributed by atoms with E-state index >= 15 is 0 Å². The maximum Gasteiger partial charge on any atom is 0.264 e. The van der Waals surface area contributed by atoms with Gasteiger partial charge in [-0.25, -0.2) is 4.98 Å². The van der Waals surface area contributed by atoms with Crippen molar-refractivity contribution in [2.75, 3.05) is 0 Å². The molecular weight excluding hydrogens is 564 g/mol. The van der Waals surface area contributed by atoms with Crippen LogP contribution in [0.1, 0.15) is 35.6 Å². The van der Waals surface area contributed by atoms with Crippen LogP contribution >= 0.6 is 0 Å². The maximum atomic E-state index is 14.3. The second-order valence-electron chi connectivity index (χ2n) is 12.8. The van der Waals surface area contributed by atoms with E-state index in [1.165, 1.54) is 16.3 Å². The molecule has 9 aromatic rings. The van der Waals surface area contributed by atoms with Crippen LogP contribution in [0.2, 0.25) is 0 Å². The first-order valence-corrected chi connectivity index (χ1v) is 15.7. The van der Waals surface area contributed by atoms with Gasteiger partial charge in [0.25, 0.3) is 5.91 Å². The fraction of sp³-hybridized carbons (Fsp3) is 0.0732. The first-order chi connectivity index (χ1) is 22.5. The molecule has 4 heterocycles. The van der Waals surface area contributed by atoms with Crippen LogP contribution in [0.15, 0.2) is 133 Å². The van der Waals surface area contributed by atoms with Crippen LogP contribution in [0.3, 0.4) is 0 Å². The predicted molar refractivity (Wildman–Crippen MR) is 187 cm³/mol. The van der Waals surface area contributed by atoms with Crippen molar-refractivity contribution in [3.63, 3.8) is 0 Å². The van der Waals surface area contributed by atoms with Gasteiger partial charge in [-0.05, 0) is 86.1 Å². The molecular formula is C41H28N4O. The van der Waals surface area contributed by atoms with Gasteiger partial charge >= 0.3 is 0 Å². The molecule has 0 aliphatic carbocycles. The molecule has 46 heavy (non-hydrogen) atoms. The van der Waals surface area contributed by atoms with Gasteiger partial charge in [-0.15, -0.1) is 0 Å². The first-order valence-electron chi connectivity index (χ1n) is 15.7. The number of hydrogen-bond acceptors (Lipinski definition) is 2. The summed E-state index contributed by atoms with van der Waals surface area (Å²) in [5, 5.41) is 4.69. The standard InChI is InChI=1S/C41H28N4O/c1-41(2)32-23-30-28-15-7-10-18-35(28)44(38(30)24-31(32)39(46)45-37-19-11-8-16-33(37)42-40(41)45)26-20-21-36-29(22-26)27-14-6-9-17-34(27)43(36)25-12-4-3-5-13-25/h3-24H,1-2H3. The molecule has 5 heteroatoms. The number of fused-ring (bicyclic) bond motifs is 10. The molecule has 3 aromatic heterocycles. The highest BCUT2D eigenvalue weighted by Crippen LogP contribution is 2.44. The Morgan fingerprint density at radius 2 is 1.09 bits per heavy atom. The van der Waals surface area contributed by atoms with Crippen LogP contribution in [0.5, 0.6) is 0 Å². The summed E-state index contributed by atoms with van der Waals surface area (Å²) in [5.41, 5.74) is 9.62. The van der Waals surface area contributed by atoms with Gasteiger partial charge in [0.2, 0.25) is 0 Å². The second-order valence-corrected chi connectivity index (χ2v) is 12.8. The number of carbonyl (C=O) groups excluding carboxylic acids is 1. The average molecular weight is 593 g/mol. The van der Waals surface area contributed by atoms with Gasteiger partial charge in [0.15, 0.2) is 0 Å². The fourth-order valence-electron chi connectivity index (χ4n) is 7.83. The van der Waals surface area contributed by atoms with Gasteiger partial charge in [0.05, 0.1) is 33.1 Å². The van der Waals surface area contributed by atoms with E-state index in [1.54, 1.807) is 0 Å². The molecule has 218 valence electrons. The highest BCUT2D eigenvalue weighted by Gasteiger charge is 2.40. The molecule has 0 bridgehead atoms. The van der Waals surface area contributed by atoms with Gasteiger partial charge in [-0.1, -0.05) is 66.7 Å². The lowest BCUT2D eigenvalue weighted by molar-refractivity contribution is 0.0948. The van der Waals surface area contributed by atoms with E-state index in [0.717, 1.165) is 66.7 Å². The Morgan fingerprint density at radius 3 is 1.83 bits per heavy atom. The van der Waals surface area contributed by atoms with E-state index in [1.807, 2.05) is 28.8 Å². The number of benzene rings is 6. The summed E-state index contributed by atoms with van der Waals surface area (Å²) in [6.45, 7) is 4.36. The Hall–Kier alpha value is -5.94. The van der Waals surface area contributed by atoms with Crippen molar-refractivity contribution in [2.45, 2.75) is 19.3 Å². The minimum atomic E-state index is -0.460. The summed E-state index contributed by atoms with van der Waals surface area (Å²) < 4.78 is 6.48. The molecule has 1 aliphatic heterocycles. The van der Waals surface area contributed by atoms with Crippen molar-refractivity contribution >= 4 is 60.6 Å². The monoisotopic (exact) mass is 592 g/mol. The summed E-state index contributed by atoms with van der Waals surface area (Å²) in [7, 11) is 0. The summed E-state index contributed by atoms with van der Waals surface area (Å²) in [5.74, 6) is 0.757. The number of para-hydroxylation sites is 5. The van der Waals surface area contributed by atoms with Crippen LogP contribution in [-0.4, -0.2) is 24.6 Å². The largest absolute Gasteiger partial charge is 0.309 e. The topological polar surface area (TPSA) is 44.8 Å². The third-order valence-corrected chi connectivity index (χ3v) is 9.97. The van der Waals surface area contributed by atoms with Crippen LogP contribution in [0, 0.1) is 0 Å². The smallest absolute Gasteiger partial charge is 0.264 e. The number of nitrogens with zero attached hydrogens (tertiary/aromatic N) is 4. The molecule has 0 saturated carbocycles. The van der Waals surface area contributed by atoms with Crippen LogP contribution in [-0.2, 0) is 5.41 Å².